The van der Waals surface area contributed by atoms with Gasteiger partial charge in [-0.05, 0) is 49.9 Å². The van der Waals surface area contributed by atoms with E-state index < -0.39 is 0 Å². The Morgan fingerprint density at radius 2 is 1.97 bits per heavy atom. The van der Waals surface area contributed by atoms with E-state index >= 15 is 0 Å². The summed E-state index contributed by atoms with van der Waals surface area (Å²) < 4.78 is 1.67. The summed E-state index contributed by atoms with van der Waals surface area (Å²) >= 11 is 0. The zero-order valence-corrected chi connectivity index (χ0v) is 18.9. The molecule has 7 heteroatoms. The summed E-state index contributed by atoms with van der Waals surface area (Å²) in [6.45, 7) is 3.38. The summed E-state index contributed by atoms with van der Waals surface area (Å²) in [6.07, 6.45) is 9.21. The van der Waals surface area contributed by atoms with Crippen LogP contribution in [0.3, 0.4) is 0 Å². The number of fused-ring (bicyclic) bond motifs is 1. The minimum Gasteiger partial charge on any atom is -0.333 e. The van der Waals surface area contributed by atoms with Crippen LogP contribution < -0.4 is 0 Å². The SMILES string of the molecule is C[C@@]12CCN(C(=O)c3ccc(-n4cccn4)nc3)[C@@H]1CCCCC(=O)N2Cc1ccccc1. The topological polar surface area (TPSA) is 71.3 Å². The lowest BCUT2D eigenvalue weighted by atomic mass is 9.84. The molecule has 3 aromatic rings. The molecular formula is C26H29N5O2. The summed E-state index contributed by atoms with van der Waals surface area (Å²) in [5, 5.41) is 4.19. The number of aromatic nitrogens is 3. The molecule has 1 aromatic carbocycles. The van der Waals surface area contributed by atoms with Gasteiger partial charge in [-0.3, -0.25) is 9.59 Å². The van der Waals surface area contributed by atoms with E-state index in [2.05, 4.69) is 29.1 Å². The van der Waals surface area contributed by atoms with Gasteiger partial charge >= 0.3 is 0 Å². The molecule has 2 aliphatic rings. The first kappa shape index (κ1) is 21.4. The van der Waals surface area contributed by atoms with Gasteiger partial charge in [0, 0.05) is 38.1 Å². The van der Waals surface area contributed by atoms with Crippen molar-refractivity contribution in [3.63, 3.8) is 0 Å². The van der Waals surface area contributed by atoms with Gasteiger partial charge in [0.1, 0.15) is 0 Å². The van der Waals surface area contributed by atoms with Crippen molar-refractivity contribution >= 4 is 11.8 Å². The van der Waals surface area contributed by atoms with Gasteiger partial charge in [-0.1, -0.05) is 36.8 Å². The van der Waals surface area contributed by atoms with Crippen LogP contribution in [0.2, 0.25) is 0 Å². The molecule has 7 nitrogen and oxygen atoms in total. The molecule has 0 aliphatic carbocycles. The van der Waals surface area contributed by atoms with Crippen LogP contribution in [-0.4, -0.2) is 54.5 Å². The number of nitrogens with zero attached hydrogens (tertiary/aromatic N) is 5. The second-order valence-corrected chi connectivity index (χ2v) is 9.19. The van der Waals surface area contributed by atoms with Crippen LogP contribution in [0.25, 0.3) is 5.82 Å². The van der Waals surface area contributed by atoms with Gasteiger partial charge in [-0.2, -0.15) is 5.10 Å². The molecule has 2 amide bonds. The van der Waals surface area contributed by atoms with Crippen molar-refractivity contribution in [2.75, 3.05) is 6.54 Å². The highest BCUT2D eigenvalue weighted by molar-refractivity contribution is 5.94. The molecule has 2 fully saturated rings. The largest absolute Gasteiger partial charge is 0.333 e. The van der Waals surface area contributed by atoms with E-state index in [-0.39, 0.29) is 23.4 Å². The normalized spacial score (nSPS) is 23.2. The van der Waals surface area contributed by atoms with E-state index in [0.29, 0.717) is 30.9 Å². The van der Waals surface area contributed by atoms with Crippen LogP contribution in [-0.2, 0) is 11.3 Å². The number of amides is 2. The highest BCUT2D eigenvalue weighted by Crippen LogP contribution is 2.40. The lowest BCUT2D eigenvalue weighted by Gasteiger charge is -2.45. The Hall–Kier alpha value is -3.48. The minimum atomic E-state index is -0.383. The monoisotopic (exact) mass is 443 g/mol. The standard InChI is InChI=1S/C26H29N5O2/c1-26-14-17-29(25(33)21-12-13-23(27-18-21)31-16-7-15-28-31)22(26)10-5-6-11-24(32)30(26)19-20-8-3-2-4-9-20/h2-4,7-9,12-13,15-16,18,22H,5-6,10-11,14,17,19H2,1H3/t22-,26-/m1/s1. The fourth-order valence-electron chi connectivity index (χ4n) is 5.32. The number of carbonyl (C=O) groups is 2. The highest BCUT2D eigenvalue weighted by atomic mass is 16.2. The van der Waals surface area contributed by atoms with Crippen LogP contribution in [0.4, 0.5) is 0 Å². The number of hydrogen-bond acceptors (Lipinski definition) is 4. The molecule has 2 aromatic heterocycles. The highest BCUT2D eigenvalue weighted by Gasteiger charge is 2.51. The first-order chi connectivity index (χ1) is 16.1. The molecule has 0 radical (unpaired) electrons. The summed E-state index contributed by atoms with van der Waals surface area (Å²) in [5.41, 5.74) is 1.30. The van der Waals surface area contributed by atoms with E-state index in [9.17, 15) is 9.59 Å². The first-order valence-electron chi connectivity index (χ1n) is 11.7. The Balaban J connectivity index is 1.41. The summed E-state index contributed by atoms with van der Waals surface area (Å²) in [7, 11) is 0. The van der Waals surface area contributed by atoms with Gasteiger partial charge in [0.15, 0.2) is 5.82 Å². The zero-order chi connectivity index (χ0) is 22.8. The van der Waals surface area contributed by atoms with Crippen molar-refractivity contribution in [2.24, 2.45) is 0 Å². The van der Waals surface area contributed by atoms with Gasteiger partial charge in [-0.15, -0.1) is 0 Å². The van der Waals surface area contributed by atoms with Crippen LogP contribution in [0.1, 0.15) is 54.9 Å². The quantitative estimate of drug-likeness (QED) is 0.614. The van der Waals surface area contributed by atoms with Crippen molar-refractivity contribution in [3.8, 4) is 5.82 Å². The molecule has 0 unspecified atom stereocenters. The van der Waals surface area contributed by atoms with Gasteiger partial charge in [-0.25, -0.2) is 9.67 Å². The summed E-state index contributed by atoms with van der Waals surface area (Å²) in [5.74, 6) is 0.843. The number of likely N-dealkylation sites (tertiary alicyclic amines) is 2. The molecule has 0 N–H and O–H groups in total. The lowest BCUT2D eigenvalue weighted by molar-refractivity contribution is -0.140. The van der Waals surface area contributed by atoms with Crippen LogP contribution in [0, 0.1) is 0 Å². The van der Waals surface area contributed by atoms with E-state index in [0.717, 1.165) is 31.2 Å². The Morgan fingerprint density at radius 3 is 2.70 bits per heavy atom. The Morgan fingerprint density at radius 1 is 1.12 bits per heavy atom. The predicted molar refractivity (Wildman–Crippen MR) is 125 cm³/mol. The van der Waals surface area contributed by atoms with Crippen LogP contribution in [0.5, 0.6) is 0 Å². The van der Waals surface area contributed by atoms with Crippen molar-refractivity contribution in [1.29, 1.82) is 0 Å². The van der Waals surface area contributed by atoms with Gasteiger partial charge in [0.25, 0.3) is 5.91 Å². The first-order valence-corrected chi connectivity index (χ1v) is 11.7. The van der Waals surface area contributed by atoms with E-state index in [1.54, 1.807) is 17.1 Å². The predicted octanol–water partition coefficient (Wildman–Crippen LogP) is 3.84. The van der Waals surface area contributed by atoms with E-state index in [4.69, 9.17) is 0 Å². The number of hydrogen-bond donors (Lipinski definition) is 0. The average molecular weight is 444 g/mol. The smallest absolute Gasteiger partial charge is 0.255 e. The minimum absolute atomic E-state index is 0.0104. The van der Waals surface area contributed by atoms with Crippen molar-refractivity contribution < 1.29 is 9.59 Å². The molecule has 5 rings (SSSR count). The third-order valence-corrected chi connectivity index (χ3v) is 7.17. The molecule has 33 heavy (non-hydrogen) atoms. The van der Waals surface area contributed by atoms with E-state index in [1.807, 2.05) is 52.4 Å². The Bertz CT molecular complexity index is 1110. The van der Waals surface area contributed by atoms with Crippen molar-refractivity contribution in [1.82, 2.24) is 24.6 Å². The fourth-order valence-corrected chi connectivity index (χ4v) is 5.32. The number of benzene rings is 1. The maximum Gasteiger partial charge on any atom is 0.255 e. The molecule has 0 bridgehead atoms. The fraction of sp³-hybridized carbons (Fsp3) is 0.385. The van der Waals surface area contributed by atoms with Gasteiger partial charge in [0.2, 0.25) is 5.91 Å². The second kappa shape index (κ2) is 8.81. The molecule has 2 aliphatic heterocycles. The van der Waals surface area contributed by atoms with E-state index in [1.165, 1.54) is 0 Å². The zero-order valence-electron chi connectivity index (χ0n) is 18.9. The Labute approximate surface area is 194 Å². The molecule has 0 spiro atoms. The van der Waals surface area contributed by atoms with Crippen LogP contribution >= 0.6 is 0 Å². The van der Waals surface area contributed by atoms with Crippen LogP contribution in [0.15, 0.2) is 67.1 Å². The third-order valence-electron chi connectivity index (χ3n) is 7.17. The third kappa shape index (κ3) is 4.03. The van der Waals surface area contributed by atoms with Crippen molar-refractivity contribution in [3.05, 3.63) is 78.2 Å². The maximum absolute atomic E-state index is 13.5. The maximum atomic E-state index is 13.5. The summed E-state index contributed by atoms with van der Waals surface area (Å²) in [6, 6.07) is 15.6. The second-order valence-electron chi connectivity index (χ2n) is 9.19. The number of rotatable bonds is 4. The number of pyridine rings is 1. The molecule has 2 atom stereocenters. The lowest BCUT2D eigenvalue weighted by Crippen LogP contribution is -2.58. The average Bonchev–Trinajstić information content (AvgIpc) is 3.49. The molecule has 2 saturated heterocycles. The molecular weight excluding hydrogens is 414 g/mol. The Kier molecular flexibility index (Phi) is 5.70. The van der Waals surface area contributed by atoms with Gasteiger partial charge < -0.3 is 9.80 Å². The summed E-state index contributed by atoms with van der Waals surface area (Å²) in [4.78, 5) is 35.2. The van der Waals surface area contributed by atoms with Gasteiger partial charge in [0.05, 0.1) is 17.1 Å². The molecule has 4 heterocycles. The number of carbonyl (C=O) groups excluding carboxylic acids is 2. The molecule has 170 valence electrons. The molecule has 0 saturated carbocycles. The van der Waals surface area contributed by atoms with Crippen molar-refractivity contribution in [2.45, 2.75) is 57.2 Å².